The van der Waals surface area contributed by atoms with Crippen molar-refractivity contribution in [2.45, 2.75) is 0 Å². The van der Waals surface area contributed by atoms with Crippen LogP contribution in [0.15, 0.2) is 30.3 Å². The predicted molar refractivity (Wildman–Crippen MR) is 78.1 cm³/mol. The van der Waals surface area contributed by atoms with E-state index in [1.165, 1.54) is 6.08 Å². The Bertz CT molecular complexity index is 481. The van der Waals surface area contributed by atoms with Crippen molar-refractivity contribution in [2.24, 2.45) is 0 Å². The van der Waals surface area contributed by atoms with Crippen molar-refractivity contribution in [2.75, 3.05) is 33.5 Å². The van der Waals surface area contributed by atoms with Crippen LogP contribution in [-0.2, 0) is 14.3 Å². The Morgan fingerprint density at radius 3 is 2.52 bits per heavy atom. The van der Waals surface area contributed by atoms with Crippen molar-refractivity contribution >= 4 is 18.0 Å². The Hall–Kier alpha value is -2.18. The van der Waals surface area contributed by atoms with Crippen LogP contribution < -0.4 is 5.32 Å². The van der Waals surface area contributed by atoms with E-state index in [1.54, 1.807) is 31.4 Å². The summed E-state index contributed by atoms with van der Waals surface area (Å²) in [5.74, 6) is -1.20. The lowest BCUT2D eigenvalue weighted by Gasteiger charge is -2.06. The van der Waals surface area contributed by atoms with Gasteiger partial charge in [-0.25, -0.2) is 4.79 Å². The zero-order valence-corrected chi connectivity index (χ0v) is 11.9. The molecule has 0 saturated carbocycles. The van der Waals surface area contributed by atoms with Gasteiger partial charge in [0, 0.05) is 25.3 Å². The molecule has 0 bridgehead atoms. The van der Waals surface area contributed by atoms with Crippen LogP contribution in [0.5, 0.6) is 0 Å². The van der Waals surface area contributed by atoms with Gasteiger partial charge in [0.25, 0.3) is 5.91 Å². The van der Waals surface area contributed by atoms with Gasteiger partial charge in [-0.1, -0.05) is 12.1 Å². The quantitative estimate of drug-likeness (QED) is 0.527. The number of nitrogens with one attached hydrogen (secondary N) is 1. The van der Waals surface area contributed by atoms with E-state index >= 15 is 0 Å². The van der Waals surface area contributed by atoms with E-state index in [0.29, 0.717) is 31.9 Å². The summed E-state index contributed by atoms with van der Waals surface area (Å²) < 4.78 is 10.1. The van der Waals surface area contributed by atoms with Gasteiger partial charge in [0.1, 0.15) is 0 Å². The maximum Gasteiger partial charge on any atom is 0.328 e. The van der Waals surface area contributed by atoms with E-state index in [-0.39, 0.29) is 5.91 Å². The van der Waals surface area contributed by atoms with E-state index < -0.39 is 5.97 Å². The zero-order valence-electron chi connectivity index (χ0n) is 11.9. The Balaban J connectivity index is 2.36. The highest BCUT2D eigenvalue weighted by molar-refractivity contribution is 5.94. The third-order valence-corrected chi connectivity index (χ3v) is 2.55. The average Bonchev–Trinajstić information content (AvgIpc) is 2.49. The van der Waals surface area contributed by atoms with Gasteiger partial charge in [-0.3, -0.25) is 4.79 Å². The number of carbonyl (C=O) groups is 2. The van der Waals surface area contributed by atoms with Crippen LogP contribution in [-0.4, -0.2) is 50.5 Å². The van der Waals surface area contributed by atoms with Gasteiger partial charge in [0.05, 0.1) is 19.8 Å². The Labute approximate surface area is 123 Å². The van der Waals surface area contributed by atoms with Gasteiger partial charge in [-0.15, -0.1) is 0 Å². The Morgan fingerprint density at radius 1 is 1.19 bits per heavy atom. The summed E-state index contributed by atoms with van der Waals surface area (Å²) >= 11 is 0. The molecule has 1 aromatic rings. The summed E-state index contributed by atoms with van der Waals surface area (Å²) in [7, 11) is 1.60. The fourth-order valence-corrected chi connectivity index (χ4v) is 1.50. The van der Waals surface area contributed by atoms with E-state index in [4.69, 9.17) is 14.6 Å². The number of hydrogen-bond acceptors (Lipinski definition) is 4. The zero-order chi connectivity index (χ0) is 15.5. The highest BCUT2D eigenvalue weighted by Crippen LogP contribution is 2.06. The number of aliphatic carboxylic acids is 1. The number of carboxylic acids is 1. The molecule has 0 fully saturated rings. The molecule has 0 unspecified atom stereocenters. The molecule has 6 heteroatoms. The Morgan fingerprint density at radius 2 is 1.90 bits per heavy atom. The molecular formula is C15H19NO5. The normalized spacial score (nSPS) is 10.7. The van der Waals surface area contributed by atoms with E-state index in [1.807, 2.05) is 0 Å². The number of rotatable bonds is 9. The third-order valence-electron chi connectivity index (χ3n) is 2.55. The molecule has 0 aliphatic carbocycles. The minimum Gasteiger partial charge on any atom is -0.478 e. The first kappa shape index (κ1) is 16.9. The summed E-state index contributed by atoms with van der Waals surface area (Å²) in [6, 6.07) is 6.65. The minimum absolute atomic E-state index is 0.195. The molecule has 114 valence electrons. The molecule has 1 aromatic carbocycles. The second-order valence-electron chi connectivity index (χ2n) is 4.15. The molecule has 0 aliphatic rings. The second-order valence-corrected chi connectivity index (χ2v) is 4.15. The molecule has 0 aromatic heterocycles. The topological polar surface area (TPSA) is 84.9 Å². The average molecular weight is 293 g/mol. The largest absolute Gasteiger partial charge is 0.478 e. The van der Waals surface area contributed by atoms with Gasteiger partial charge in [-0.2, -0.15) is 0 Å². The first-order chi connectivity index (χ1) is 10.1. The molecule has 0 spiro atoms. The molecule has 2 N–H and O–H groups in total. The minimum atomic E-state index is -1.01. The number of benzene rings is 1. The SMILES string of the molecule is COCCOCCNC(=O)c1ccc(C=CC(=O)O)cc1. The molecule has 1 amide bonds. The van der Waals surface area contributed by atoms with Gasteiger partial charge in [0.15, 0.2) is 0 Å². The lowest BCUT2D eigenvalue weighted by Crippen LogP contribution is -2.27. The summed E-state index contributed by atoms with van der Waals surface area (Å²) in [6.45, 7) is 1.87. The fraction of sp³-hybridized carbons (Fsp3) is 0.333. The maximum atomic E-state index is 11.8. The van der Waals surface area contributed by atoms with E-state index in [0.717, 1.165) is 11.6 Å². The van der Waals surface area contributed by atoms with E-state index in [9.17, 15) is 9.59 Å². The summed E-state index contributed by atoms with van der Waals surface area (Å²) in [4.78, 5) is 22.2. The molecule has 21 heavy (non-hydrogen) atoms. The van der Waals surface area contributed by atoms with Crippen LogP contribution in [0, 0.1) is 0 Å². The van der Waals surface area contributed by atoms with Crippen LogP contribution >= 0.6 is 0 Å². The lowest BCUT2D eigenvalue weighted by atomic mass is 10.1. The molecule has 6 nitrogen and oxygen atoms in total. The maximum absolute atomic E-state index is 11.8. The van der Waals surface area contributed by atoms with Crippen LogP contribution in [0.1, 0.15) is 15.9 Å². The predicted octanol–water partition coefficient (Wildman–Crippen LogP) is 1.18. The molecular weight excluding hydrogens is 274 g/mol. The van der Waals surface area contributed by atoms with Crippen LogP contribution in [0.4, 0.5) is 0 Å². The molecule has 0 radical (unpaired) electrons. The van der Waals surface area contributed by atoms with Crippen molar-refractivity contribution < 1.29 is 24.2 Å². The van der Waals surface area contributed by atoms with Crippen molar-refractivity contribution in [3.8, 4) is 0 Å². The summed E-state index contributed by atoms with van der Waals surface area (Å²) in [5, 5.41) is 11.3. The highest BCUT2D eigenvalue weighted by atomic mass is 16.5. The van der Waals surface area contributed by atoms with Gasteiger partial charge >= 0.3 is 5.97 Å². The first-order valence-corrected chi connectivity index (χ1v) is 6.49. The van der Waals surface area contributed by atoms with Crippen LogP contribution in [0.3, 0.4) is 0 Å². The van der Waals surface area contributed by atoms with Gasteiger partial charge < -0.3 is 19.9 Å². The second kappa shape index (κ2) is 9.68. The Kier molecular flexibility index (Phi) is 7.78. The molecule has 0 heterocycles. The number of amides is 1. The van der Waals surface area contributed by atoms with Crippen molar-refractivity contribution in [3.05, 3.63) is 41.5 Å². The van der Waals surface area contributed by atoms with Crippen molar-refractivity contribution in [1.29, 1.82) is 0 Å². The van der Waals surface area contributed by atoms with Gasteiger partial charge in [-0.05, 0) is 23.8 Å². The standard InChI is InChI=1S/C15H19NO5/c1-20-10-11-21-9-8-16-15(19)13-5-2-12(3-6-13)4-7-14(17)18/h2-7H,8-11H2,1H3,(H,16,19)(H,17,18). The molecule has 0 atom stereocenters. The monoisotopic (exact) mass is 293 g/mol. The number of ether oxygens (including phenoxy) is 2. The molecule has 0 saturated heterocycles. The fourth-order valence-electron chi connectivity index (χ4n) is 1.50. The number of carboxylic acid groups (broad SMARTS) is 1. The van der Waals surface area contributed by atoms with E-state index in [2.05, 4.69) is 5.32 Å². The third kappa shape index (κ3) is 7.24. The van der Waals surface area contributed by atoms with Crippen LogP contribution in [0.25, 0.3) is 6.08 Å². The first-order valence-electron chi connectivity index (χ1n) is 6.49. The van der Waals surface area contributed by atoms with Crippen LogP contribution in [0.2, 0.25) is 0 Å². The lowest BCUT2D eigenvalue weighted by molar-refractivity contribution is -0.131. The van der Waals surface area contributed by atoms with Gasteiger partial charge in [0.2, 0.25) is 0 Å². The summed E-state index contributed by atoms with van der Waals surface area (Å²) in [6.07, 6.45) is 2.51. The smallest absolute Gasteiger partial charge is 0.328 e. The number of carbonyl (C=O) groups excluding carboxylic acids is 1. The number of methoxy groups -OCH3 is 1. The number of hydrogen-bond donors (Lipinski definition) is 2. The van der Waals surface area contributed by atoms with Crippen molar-refractivity contribution in [3.63, 3.8) is 0 Å². The van der Waals surface area contributed by atoms with Crippen molar-refractivity contribution in [1.82, 2.24) is 5.32 Å². The molecule has 1 rings (SSSR count). The highest BCUT2D eigenvalue weighted by Gasteiger charge is 2.04. The molecule has 0 aliphatic heterocycles. The summed E-state index contributed by atoms with van der Waals surface area (Å²) in [5.41, 5.74) is 1.23.